The largest absolute Gasteiger partial charge is 0.454 e. The summed E-state index contributed by atoms with van der Waals surface area (Å²) in [6, 6.07) is 9.68. The van der Waals surface area contributed by atoms with Crippen LogP contribution in [0.5, 0.6) is 11.5 Å². The Balaban J connectivity index is 1.84. The van der Waals surface area contributed by atoms with Crippen molar-refractivity contribution >= 4 is 22.6 Å². The van der Waals surface area contributed by atoms with E-state index in [2.05, 4.69) is 4.98 Å². The summed E-state index contributed by atoms with van der Waals surface area (Å²) in [7, 11) is 0. The Morgan fingerprint density at radius 1 is 1.17 bits per heavy atom. The van der Waals surface area contributed by atoms with Gasteiger partial charge in [0.15, 0.2) is 11.5 Å². The van der Waals surface area contributed by atoms with Crippen LogP contribution in [0.15, 0.2) is 36.4 Å². The molecule has 2 aromatic carbocycles. The molecular weight excluding hydrogens is 345 g/mol. The Kier molecular flexibility index (Phi) is 3.35. The molecule has 0 saturated carbocycles. The van der Waals surface area contributed by atoms with E-state index in [-0.39, 0.29) is 18.9 Å². The van der Waals surface area contributed by atoms with E-state index in [0.29, 0.717) is 27.6 Å². The van der Waals surface area contributed by atoms with Crippen molar-refractivity contribution < 1.29 is 22.6 Å². The van der Waals surface area contributed by atoms with Crippen molar-refractivity contribution in [1.82, 2.24) is 9.55 Å². The van der Waals surface area contributed by atoms with Crippen LogP contribution in [0.3, 0.4) is 0 Å². The normalized spacial score (nSPS) is 13.7. The Morgan fingerprint density at radius 2 is 1.96 bits per heavy atom. The topological polar surface area (TPSA) is 36.3 Å². The highest BCUT2D eigenvalue weighted by Crippen LogP contribution is 2.40. The van der Waals surface area contributed by atoms with E-state index in [0.717, 1.165) is 4.57 Å². The number of hydrogen-bond acceptors (Lipinski definition) is 3. The van der Waals surface area contributed by atoms with Gasteiger partial charge in [-0.3, -0.25) is 0 Å². The van der Waals surface area contributed by atoms with Gasteiger partial charge in [0.2, 0.25) is 12.6 Å². The molecule has 1 aliphatic rings. The quantitative estimate of drug-likeness (QED) is 0.680. The summed E-state index contributed by atoms with van der Waals surface area (Å²) in [5.41, 5.74) is 1.26. The van der Waals surface area contributed by atoms with E-state index in [1.54, 1.807) is 36.4 Å². The van der Waals surface area contributed by atoms with E-state index in [1.807, 2.05) is 0 Å². The fourth-order valence-electron chi connectivity index (χ4n) is 2.75. The van der Waals surface area contributed by atoms with E-state index in [1.165, 1.54) is 0 Å². The second kappa shape index (κ2) is 5.31. The first-order chi connectivity index (χ1) is 11.4. The molecule has 0 saturated heterocycles. The molecule has 1 aromatic heterocycles. The molecule has 0 aliphatic carbocycles. The minimum Gasteiger partial charge on any atom is -0.454 e. The van der Waals surface area contributed by atoms with Crippen LogP contribution in [0, 0.1) is 0 Å². The minimum absolute atomic E-state index is 0.0360. The first-order valence-electron chi connectivity index (χ1n) is 7.04. The average Bonchev–Trinajstić information content (AvgIpc) is 3.12. The zero-order chi connectivity index (χ0) is 16.9. The molecule has 0 radical (unpaired) electrons. The maximum atomic E-state index is 13.3. The number of halogens is 4. The zero-order valence-corrected chi connectivity index (χ0v) is 12.9. The van der Waals surface area contributed by atoms with Crippen LogP contribution in [0.4, 0.5) is 13.2 Å². The summed E-state index contributed by atoms with van der Waals surface area (Å²) in [5, 5.41) is 0.304. The highest BCUT2D eigenvalue weighted by atomic mass is 35.5. The number of para-hydroxylation sites is 2. The molecule has 3 aromatic rings. The lowest BCUT2D eigenvalue weighted by molar-refractivity contribution is -0.146. The predicted octanol–water partition coefficient (Wildman–Crippen LogP) is 4.49. The first kappa shape index (κ1) is 15.1. The molecule has 8 heteroatoms. The van der Waals surface area contributed by atoms with E-state index < -0.39 is 12.0 Å². The third-order valence-corrected chi connectivity index (χ3v) is 4.02. The van der Waals surface area contributed by atoms with Crippen molar-refractivity contribution in [1.29, 1.82) is 0 Å². The first-order valence-corrected chi connectivity index (χ1v) is 7.42. The Morgan fingerprint density at radius 3 is 2.75 bits per heavy atom. The molecule has 4 rings (SSSR count). The Hall–Kier alpha value is -2.41. The van der Waals surface area contributed by atoms with Crippen molar-refractivity contribution in [3.63, 3.8) is 0 Å². The predicted molar refractivity (Wildman–Crippen MR) is 81.4 cm³/mol. The molecule has 24 heavy (non-hydrogen) atoms. The number of nitrogens with zero attached hydrogens (tertiary/aromatic N) is 2. The second-order valence-electron chi connectivity index (χ2n) is 5.32. The standard InChI is InChI=1S/C16H10ClF3N2O2/c17-10-5-9(6-13-14(10)24-8-23-13)7-22-12-4-2-1-3-11(12)21-15(22)16(18,19)20/h1-6H,7-8H2. The molecule has 1 aliphatic heterocycles. The zero-order valence-electron chi connectivity index (χ0n) is 12.1. The highest BCUT2D eigenvalue weighted by Gasteiger charge is 2.37. The second-order valence-corrected chi connectivity index (χ2v) is 5.73. The number of benzene rings is 2. The molecule has 0 unspecified atom stereocenters. The molecule has 0 spiro atoms. The van der Waals surface area contributed by atoms with Gasteiger partial charge < -0.3 is 14.0 Å². The molecule has 0 fully saturated rings. The van der Waals surface area contributed by atoms with Gasteiger partial charge in [0.25, 0.3) is 0 Å². The molecule has 0 N–H and O–H groups in total. The van der Waals surface area contributed by atoms with Crippen molar-refractivity contribution in [2.24, 2.45) is 0 Å². The van der Waals surface area contributed by atoms with Gasteiger partial charge in [0.1, 0.15) is 0 Å². The number of fused-ring (bicyclic) bond motifs is 2. The van der Waals surface area contributed by atoms with Gasteiger partial charge in [0.05, 0.1) is 16.1 Å². The van der Waals surface area contributed by atoms with Gasteiger partial charge in [-0.15, -0.1) is 0 Å². The third kappa shape index (κ3) is 2.45. The van der Waals surface area contributed by atoms with Crippen molar-refractivity contribution in [3.8, 4) is 11.5 Å². The van der Waals surface area contributed by atoms with Crippen LogP contribution in [0.2, 0.25) is 5.02 Å². The van der Waals surface area contributed by atoms with E-state index in [9.17, 15) is 13.2 Å². The van der Waals surface area contributed by atoms with Gasteiger partial charge in [-0.05, 0) is 29.8 Å². The number of aromatic nitrogens is 2. The van der Waals surface area contributed by atoms with Crippen LogP contribution in [-0.2, 0) is 12.7 Å². The maximum Gasteiger partial charge on any atom is 0.449 e. The lowest BCUT2D eigenvalue weighted by Crippen LogP contribution is -2.15. The molecular formula is C16H10ClF3N2O2. The Labute approximate surface area is 139 Å². The smallest absolute Gasteiger partial charge is 0.449 e. The van der Waals surface area contributed by atoms with Crippen molar-refractivity contribution in [2.45, 2.75) is 12.7 Å². The molecule has 0 atom stereocenters. The van der Waals surface area contributed by atoms with Gasteiger partial charge in [-0.1, -0.05) is 23.7 Å². The summed E-state index contributed by atoms with van der Waals surface area (Å²) < 4.78 is 51.6. The van der Waals surface area contributed by atoms with Crippen LogP contribution < -0.4 is 9.47 Å². The summed E-state index contributed by atoms with van der Waals surface area (Å²) in [6.45, 7) is 0.00598. The van der Waals surface area contributed by atoms with Gasteiger partial charge in [-0.25, -0.2) is 4.98 Å². The fraction of sp³-hybridized carbons (Fsp3) is 0.188. The number of ether oxygens (including phenoxy) is 2. The van der Waals surface area contributed by atoms with Crippen molar-refractivity contribution in [2.75, 3.05) is 6.79 Å². The van der Waals surface area contributed by atoms with Gasteiger partial charge >= 0.3 is 6.18 Å². The van der Waals surface area contributed by atoms with Gasteiger partial charge in [0, 0.05) is 6.54 Å². The lowest BCUT2D eigenvalue weighted by atomic mass is 10.2. The summed E-state index contributed by atoms with van der Waals surface area (Å²) in [5.74, 6) is -0.111. The molecule has 2 heterocycles. The summed E-state index contributed by atoms with van der Waals surface area (Å²) in [6.07, 6.45) is -4.56. The molecule has 0 amide bonds. The average molecular weight is 355 g/mol. The number of rotatable bonds is 2. The maximum absolute atomic E-state index is 13.3. The van der Waals surface area contributed by atoms with Gasteiger partial charge in [-0.2, -0.15) is 13.2 Å². The summed E-state index contributed by atoms with van der Waals surface area (Å²) in [4.78, 5) is 3.72. The number of imidazole rings is 1. The molecule has 124 valence electrons. The number of hydrogen-bond donors (Lipinski definition) is 0. The lowest BCUT2D eigenvalue weighted by Gasteiger charge is -2.12. The third-order valence-electron chi connectivity index (χ3n) is 3.74. The van der Waals surface area contributed by atoms with E-state index >= 15 is 0 Å². The molecule has 0 bridgehead atoms. The minimum atomic E-state index is -4.56. The highest BCUT2D eigenvalue weighted by molar-refractivity contribution is 6.32. The SMILES string of the molecule is FC(F)(F)c1nc2ccccc2n1Cc1cc(Cl)c2c(c1)OCO2. The van der Waals surface area contributed by atoms with Crippen LogP contribution >= 0.6 is 11.6 Å². The van der Waals surface area contributed by atoms with Crippen LogP contribution in [-0.4, -0.2) is 16.3 Å². The number of alkyl halides is 3. The Bertz CT molecular complexity index is 937. The van der Waals surface area contributed by atoms with Crippen LogP contribution in [0.25, 0.3) is 11.0 Å². The summed E-state index contributed by atoms with van der Waals surface area (Å²) >= 11 is 6.11. The molecule has 4 nitrogen and oxygen atoms in total. The van der Waals surface area contributed by atoms with E-state index in [4.69, 9.17) is 21.1 Å². The fourth-order valence-corrected chi connectivity index (χ4v) is 3.03. The van der Waals surface area contributed by atoms with Crippen LogP contribution in [0.1, 0.15) is 11.4 Å². The monoisotopic (exact) mass is 354 g/mol. The van der Waals surface area contributed by atoms with Crippen molar-refractivity contribution in [3.05, 3.63) is 52.8 Å².